The lowest BCUT2D eigenvalue weighted by Crippen LogP contribution is -2.35. The molecule has 5 heteroatoms. The number of H-pyrrole nitrogens is 1. The van der Waals surface area contributed by atoms with E-state index in [-0.39, 0.29) is 11.4 Å². The Labute approximate surface area is 167 Å². The van der Waals surface area contributed by atoms with Crippen LogP contribution in [0.15, 0.2) is 36.7 Å². The molecule has 1 fully saturated rings. The fraction of sp³-hybridized carbons (Fsp3) is 0.478. The number of nitrogens with zero attached hydrogens (tertiary/aromatic N) is 2. The van der Waals surface area contributed by atoms with Crippen LogP contribution < -0.4 is 9.72 Å². The maximum absolute atomic E-state index is 13.7. The zero-order valence-corrected chi connectivity index (χ0v) is 17.0. The number of hydrogen-bond donors (Lipinski definition) is 0. The number of ether oxygens (including phenoxy) is 1. The Bertz CT molecular complexity index is 843. The van der Waals surface area contributed by atoms with Gasteiger partial charge in [0.2, 0.25) is 6.20 Å². The van der Waals surface area contributed by atoms with E-state index in [4.69, 9.17) is 4.74 Å². The van der Waals surface area contributed by atoms with Gasteiger partial charge in [0.25, 0.3) is 5.88 Å². The first-order chi connectivity index (χ1) is 13.4. The van der Waals surface area contributed by atoms with Gasteiger partial charge in [-0.05, 0) is 58.8 Å². The van der Waals surface area contributed by atoms with Crippen molar-refractivity contribution in [3.8, 4) is 17.7 Å². The second-order valence-electron chi connectivity index (χ2n) is 8.23. The topological polar surface area (TPSA) is 39.5 Å². The standard InChI is InChI=1S/C23H28FN3O/c1-23(2,3)28-22-17-25-16-20(26-22)12-15-27-13-10-18(11-14-27)8-9-19-6-4-5-7-21(19)24/h4-7,16-18H,10-15H2,1-3H3/p+1. The molecule has 2 aromatic rings. The fourth-order valence-electron chi connectivity index (χ4n) is 3.23. The molecule has 0 spiro atoms. The lowest BCUT2D eigenvalue weighted by Gasteiger charge is -2.29. The van der Waals surface area contributed by atoms with Crippen LogP contribution >= 0.6 is 0 Å². The molecule has 4 nitrogen and oxygen atoms in total. The molecule has 0 radical (unpaired) electrons. The van der Waals surface area contributed by atoms with E-state index < -0.39 is 0 Å². The lowest BCUT2D eigenvalue weighted by molar-refractivity contribution is -0.381. The van der Waals surface area contributed by atoms with Crippen LogP contribution in [0.4, 0.5) is 4.39 Å². The normalized spacial score (nSPS) is 15.7. The molecule has 0 bridgehead atoms. The van der Waals surface area contributed by atoms with E-state index in [1.54, 1.807) is 18.3 Å². The van der Waals surface area contributed by atoms with Crippen molar-refractivity contribution < 1.29 is 14.1 Å². The number of halogens is 1. The molecule has 1 aliphatic rings. The Morgan fingerprint density at radius 3 is 2.68 bits per heavy atom. The summed E-state index contributed by atoms with van der Waals surface area (Å²) in [6.45, 7) is 9.03. The summed E-state index contributed by atoms with van der Waals surface area (Å²) in [5.41, 5.74) is 1.23. The van der Waals surface area contributed by atoms with Gasteiger partial charge in [-0.1, -0.05) is 24.0 Å². The van der Waals surface area contributed by atoms with E-state index in [9.17, 15) is 4.39 Å². The van der Waals surface area contributed by atoms with Gasteiger partial charge >= 0.3 is 0 Å². The summed E-state index contributed by atoms with van der Waals surface area (Å²) < 4.78 is 19.5. The summed E-state index contributed by atoms with van der Waals surface area (Å²) in [6, 6.07) is 6.71. The third-order valence-corrected chi connectivity index (χ3v) is 4.68. The maximum Gasteiger partial charge on any atom is 0.280 e. The van der Waals surface area contributed by atoms with Crippen LogP contribution in [-0.2, 0) is 6.42 Å². The van der Waals surface area contributed by atoms with E-state index in [1.165, 1.54) is 6.07 Å². The Balaban J connectivity index is 1.46. The van der Waals surface area contributed by atoms with E-state index >= 15 is 0 Å². The van der Waals surface area contributed by atoms with Gasteiger partial charge in [-0.15, -0.1) is 0 Å². The minimum Gasteiger partial charge on any atom is -0.468 e. The van der Waals surface area contributed by atoms with Crippen molar-refractivity contribution in [3.05, 3.63) is 53.7 Å². The summed E-state index contributed by atoms with van der Waals surface area (Å²) in [5.74, 6) is 6.99. The third-order valence-electron chi connectivity index (χ3n) is 4.68. The van der Waals surface area contributed by atoms with Crippen molar-refractivity contribution in [3.63, 3.8) is 0 Å². The largest absolute Gasteiger partial charge is 0.468 e. The zero-order chi connectivity index (χ0) is 20.0. The Kier molecular flexibility index (Phi) is 6.64. The SMILES string of the molecule is CC(C)(C)Oc1c[nH+]cc(CCN2CCC(C#Cc3ccccc3F)CC2)n1. The van der Waals surface area contributed by atoms with Gasteiger partial charge in [-0.2, -0.15) is 0 Å². The van der Waals surface area contributed by atoms with Crippen LogP contribution in [0.3, 0.4) is 0 Å². The van der Waals surface area contributed by atoms with Gasteiger partial charge in [0, 0.05) is 18.9 Å². The number of nitrogens with one attached hydrogen (secondary N) is 1. The number of benzene rings is 1. The molecule has 3 rings (SSSR count). The molecule has 0 unspecified atom stereocenters. The van der Waals surface area contributed by atoms with Crippen molar-refractivity contribution in [1.29, 1.82) is 0 Å². The van der Waals surface area contributed by atoms with E-state index in [0.717, 1.165) is 44.6 Å². The van der Waals surface area contributed by atoms with Crippen LogP contribution in [0.2, 0.25) is 0 Å². The monoisotopic (exact) mass is 382 g/mol. The molecule has 1 saturated heterocycles. The van der Waals surface area contributed by atoms with Crippen LogP contribution in [0.25, 0.3) is 0 Å². The number of aromatic nitrogens is 2. The Hall–Kier alpha value is -2.45. The number of hydrogen-bond acceptors (Lipinski definition) is 3. The summed E-state index contributed by atoms with van der Waals surface area (Å²) in [4.78, 5) is 10.2. The molecule has 0 aliphatic carbocycles. The highest BCUT2D eigenvalue weighted by atomic mass is 19.1. The van der Waals surface area contributed by atoms with Crippen LogP contribution in [-0.4, -0.2) is 35.1 Å². The van der Waals surface area contributed by atoms with E-state index in [0.29, 0.717) is 17.4 Å². The first-order valence-corrected chi connectivity index (χ1v) is 9.93. The Morgan fingerprint density at radius 1 is 1.21 bits per heavy atom. The van der Waals surface area contributed by atoms with Gasteiger partial charge in [0.05, 0.1) is 5.56 Å². The molecule has 0 saturated carbocycles. The average Bonchev–Trinajstić information content (AvgIpc) is 2.65. The summed E-state index contributed by atoms with van der Waals surface area (Å²) >= 11 is 0. The molecule has 148 valence electrons. The minimum absolute atomic E-state index is 0.241. The third kappa shape index (κ3) is 6.31. The minimum atomic E-state index is -0.259. The lowest BCUT2D eigenvalue weighted by atomic mass is 9.97. The van der Waals surface area contributed by atoms with E-state index in [2.05, 4.69) is 26.7 Å². The van der Waals surface area contributed by atoms with Crippen molar-refractivity contribution >= 4 is 0 Å². The zero-order valence-electron chi connectivity index (χ0n) is 17.0. The molecule has 1 N–H and O–H groups in total. The molecular weight excluding hydrogens is 353 g/mol. The first-order valence-electron chi connectivity index (χ1n) is 9.93. The second-order valence-corrected chi connectivity index (χ2v) is 8.23. The fourth-order valence-corrected chi connectivity index (χ4v) is 3.23. The summed E-state index contributed by atoms with van der Waals surface area (Å²) in [5, 5.41) is 0. The molecule has 1 aromatic carbocycles. The molecule has 0 atom stereocenters. The quantitative estimate of drug-likeness (QED) is 0.760. The van der Waals surface area contributed by atoms with Gasteiger partial charge in [0.15, 0.2) is 6.20 Å². The molecule has 1 aliphatic heterocycles. The highest BCUT2D eigenvalue weighted by Gasteiger charge is 2.19. The molecule has 2 heterocycles. The van der Waals surface area contributed by atoms with Crippen molar-refractivity contribution in [1.82, 2.24) is 9.88 Å². The summed E-state index contributed by atoms with van der Waals surface area (Å²) in [6.07, 6.45) is 6.64. The maximum atomic E-state index is 13.7. The van der Waals surface area contributed by atoms with Gasteiger partial charge in [-0.3, -0.25) is 0 Å². The average molecular weight is 383 g/mol. The van der Waals surface area contributed by atoms with Crippen LogP contribution in [0, 0.1) is 23.6 Å². The summed E-state index contributed by atoms with van der Waals surface area (Å²) in [7, 11) is 0. The second kappa shape index (κ2) is 9.16. The van der Waals surface area contributed by atoms with Crippen molar-refractivity contribution in [2.24, 2.45) is 5.92 Å². The van der Waals surface area contributed by atoms with Crippen LogP contribution in [0.1, 0.15) is 44.9 Å². The predicted molar refractivity (Wildman–Crippen MR) is 107 cm³/mol. The molecule has 0 amide bonds. The van der Waals surface area contributed by atoms with E-state index in [1.807, 2.05) is 33.0 Å². The van der Waals surface area contributed by atoms with Gasteiger partial charge in [0.1, 0.15) is 17.1 Å². The highest BCUT2D eigenvalue weighted by molar-refractivity contribution is 5.35. The predicted octanol–water partition coefficient (Wildman–Crippen LogP) is 3.52. The number of likely N-dealkylation sites (tertiary alicyclic amines) is 1. The highest BCUT2D eigenvalue weighted by Crippen LogP contribution is 2.18. The Morgan fingerprint density at radius 2 is 1.96 bits per heavy atom. The van der Waals surface area contributed by atoms with Gasteiger partial charge < -0.3 is 9.64 Å². The number of aromatic amines is 1. The number of rotatable bonds is 4. The first kappa shape index (κ1) is 20.3. The van der Waals surface area contributed by atoms with Gasteiger partial charge in [-0.25, -0.2) is 14.4 Å². The van der Waals surface area contributed by atoms with Crippen LogP contribution in [0.5, 0.6) is 5.88 Å². The molecule has 1 aromatic heterocycles. The number of piperidine rings is 1. The molecule has 28 heavy (non-hydrogen) atoms. The van der Waals surface area contributed by atoms with Crippen molar-refractivity contribution in [2.45, 2.75) is 45.6 Å². The molecular formula is C23H29FN3O+. The smallest absolute Gasteiger partial charge is 0.280 e. The van der Waals surface area contributed by atoms with Crippen molar-refractivity contribution in [2.75, 3.05) is 19.6 Å².